The Kier molecular flexibility index (Phi) is 3.62. The molecule has 0 aromatic heterocycles. The average Bonchev–Trinajstić information content (AvgIpc) is 3.17. The van der Waals surface area contributed by atoms with E-state index in [-0.39, 0.29) is 0 Å². The van der Waals surface area contributed by atoms with Crippen LogP contribution in [0, 0.1) is 0 Å². The molecule has 1 atom stereocenters. The molecule has 1 saturated heterocycles. The molecule has 3 rings (SSSR count). The highest BCUT2D eigenvalue weighted by Gasteiger charge is 2.34. The van der Waals surface area contributed by atoms with Gasteiger partial charge in [0.1, 0.15) is 5.75 Å². The van der Waals surface area contributed by atoms with Crippen molar-refractivity contribution in [3.8, 4) is 5.75 Å². The molecule has 4 nitrogen and oxygen atoms in total. The van der Waals surface area contributed by atoms with Crippen molar-refractivity contribution in [2.75, 3.05) is 25.9 Å². The fourth-order valence-electron chi connectivity index (χ4n) is 2.89. The molecular formula is C15H23N3O. The maximum absolute atomic E-state index is 5.77. The Morgan fingerprint density at radius 1 is 1.37 bits per heavy atom. The molecule has 1 aliphatic heterocycles. The molecule has 1 unspecified atom stereocenters. The number of nitrogens with one attached hydrogen (secondary N) is 1. The lowest BCUT2D eigenvalue weighted by atomic mass is 10.1. The number of rotatable bonds is 5. The summed E-state index contributed by atoms with van der Waals surface area (Å²) in [6, 6.07) is 7.38. The number of nitrogen functional groups attached to an aromatic ring is 1. The van der Waals surface area contributed by atoms with E-state index in [0.29, 0.717) is 6.04 Å². The molecule has 1 heterocycles. The van der Waals surface area contributed by atoms with Crippen molar-refractivity contribution < 1.29 is 4.74 Å². The van der Waals surface area contributed by atoms with Gasteiger partial charge in [-0.3, -0.25) is 4.90 Å². The van der Waals surface area contributed by atoms with Crippen molar-refractivity contribution in [2.45, 2.75) is 37.9 Å². The van der Waals surface area contributed by atoms with Gasteiger partial charge in [-0.1, -0.05) is 6.07 Å². The average molecular weight is 261 g/mol. The van der Waals surface area contributed by atoms with Crippen LogP contribution in [0.4, 0.5) is 5.69 Å². The summed E-state index contributed by atoms with van der Waals surface area (Å²) in [5.74, 6) is 0.879. The van der Waals surface area contributed by atoms with Gasteiger partial charge in [0.2, 0.25) is 0 Å². The van der Waals surface area contributed by atoms with Crippen LogP contribution < -0.4 is 15.8 Å². The van der Waals surface area contributed by atoms with Gasteiger partial charge in [-0.25, -0.2) is 0 Å². The normalized spacial score (nSPS) is 23.7. The highest BCUT2D eigenvalue weighted by Crippen LogP contribution is 2.30. The predicted octanol–water partition coefficient (Wildman–Crippen LogP) is 1.60. The molecule has 1 aliphatic carbocycles. The summed E-state index contributed by atoms with van der Waals surface area (Å²) in [4.78, 5) is 2.62. The van der Waals surface area contributed by atoms with Crippen molar-refractivity contribution in [1.82, 2.24) is 10.2 Å². The number of likely N-dealkylation sites (tertiary alicyclic amines) is 1. The second kappa shape index (κ2) is 5.39. The van der Waals surface area contributed by atoms with Crippen molar-refractivity contribution >= 4 is 5.69 Å². The second-order valence-electron chi connectivity index (χ2n) is 5.66. The molecule has 3 N–H and O–H groups in total. The SMILES string of the molecule is COc1cc(N)ccc1CNC1CCN(C2CC2)C1. The van der Waals surface area contributed by atoms with E-state index in [1.807, 2.05) is 12.1 Å². The van der Waals surface area contributed by atoms with Gasteiger partial charge in [-0.05, 0) is 25.3 Å². The van der Waals surface area contributed by atoms with Crippen molar-refractivity contribution in [3.05, 3.63) is 23.8 Å². The van der Waals surface area contributed by atoms with Crippen LogP contribution in [0.2, 0.25) is 0 Å². The first kappa shape index (κ1) is 12.8. The molecule has 0 amide bonds. The van der Waals surface area contributed by atoms with Crippen LogP contribution in [0.5, 0.6) is 5.75 Å². The van der Waals surface area contributed by atoms with Crippen LogP contribution >= 0.6 is 0 Å². The van der Waals surface area contributed by atoms with Crippen molar-refractivity contribution in [2.24, 2.45) is 0 Å². The van der Waals surface area contributed by atoms with Crippen LogP contribution in [0.1, 0.15) is 24.8 Å². The quantitative estimate of drug-likeness (QED) is 0.791. The lowest BCUT2D eigenvalue weighted by Crippen LogP contribution is -2.32. The molecular weight excluding hydrogens is 238 g/mol. The molecule has 2 fully saturated rings. The fraction of sp³-hybridized carbons (Fsp3) is 0.600. The van der Waals surface area contributed by atoms with E-state index in [2.05, 4.69) is 16.3 Å². The summed E-state index contributed by atoms with van der Waals surface area (Å²) < 4.78 is 5.38. The van der Waals surface area contributed by atoms with Gasteiger partial charge >= 0.3 is 0 Å². The number of nitrogens with two attached hydrogens (primary N) is 1. The Balaban J connectivity index is 1.54. The summed E-state index contributed by atoms with van der Waals surface area (Å²) in [6.07, 6.45) is 4.06. The lowest BCUT2D eigenvalue weighted by molar-refractivity contribution is 0.317. The predicted molar refractivity (Wildman–Crippen MR) is 77.2 cm³/mol. The van der Waals surface area contributed by atoms with Crippen LogP contribution in [-0.2, 0) is 6.54 Å². The minimum Gasteiger partial charge on any atom is -0.496 e. The van der Waals surface area contributed by atoms with E-state index in [9.17, 15) is 0 Å². The molecule has 1 aromatic rings. The van der Waals surface area contributed by atoms with E-state index in [4.69, 9.17) is 10.5 Å². The van der Waals surface area contributed by atoms with Gasteiger partial charge in [0, 0.05) is 49.0 Å². The first-order valence-corrected chi connectivity index (χ1v) is 7.16. The van der Waals surface area contributed by atoms with Gasteiger partial charge in [-0.2, -0.15) is 0 Å². The highest BCUT2D eigenvalue weighted by molar-refractivity contribution is 5.48. The van der Waals surface area contributed by atoms with Crippen LogP contribution in [0.3, 0.4) is 0 Å². The zero-order valence-electron chi connectivity index (χ0n) is 11.6. The second-order valence-corrected chi connectivity index (χ2v) is 5.66. The van der Waals surface area contributed by atoms with Crippen molar-refractivity contribution in [3.63, 3.8) is 0 Å². The minimum atomic E-state index is 0.614. The Labute approximate surface area is 114 Å². The first-order chi connectivity index (χ1) is 9.26. The minimum absolute atomic E-state index is 0.614. The molecule has 19 heavy (non-hydrogen) atoms. The van der Waals surface area contributed by atoms with Crippen LogP contribution in [0.15, 0.2) is 18.2 Å². The molecule has 104 valence electrons. The van der Waals surface area contributed by atoms with Gasteiger partial charge in [0.25, 0.3) is 0 Å². The fourth-order valence-corrected chi connectivity index (χ4v) is 2.89. The van der Waals surface area contributed by atoms with E-state index < -0.39 is 0 Å². The standard InChI is InChI=1S/C15H23N3O/c1-19-15-8-12(16)3-2-11(15)9-17-13-6-7-18(10-13)14-4-5-14/h2-3,8,13-14,17H,4-7,9-10,16H2,1H3. The number of anilines is 1. The number of methoxy groups -OCH3 is 1. The maximum atomic E-state index is 5.77. The molecule has 1 saturated carbocycles. The zero-order valence-corrected chi connectivity index (χ0v) is 11.6. The maximum Gasteiger partial charge on any atom is 0.125 e. The van der Waals surface area contributed by atoms with Crippen molar-refractivity contribution in [1.29, 1.82) is 0 Å². The van der Waals surface area contributed by atoms with Crippen LogP contribution in [0.25, 0.3) is 0 Å². The highest BCUT2D eigenvalue weighted by atomic mass is 16.5. The number of hydrogen-bond donors (Lipinski definition) is 2. The number of ether oxygens (including phenoxy) is 1. The topological polar surface area (TPSA) is 50.5 Å². The van der Waals surface area contributed by atoms with E-state index in [1.54, 1.807) is 7.11 Å². The molecule has 0 bridgehead atoms. The number of hydrogen-bond acceptors (Lipinski definition) is 4. The Morgan fingerprint density at radius 2 is 2.21 bits per heavy atom. The number of benzene rings is 1. The number of nitrogens with zero attached hydrogens (tertiary/aromatic N) is 1. The van der Waals surface area contributed by atoms with Gasteiger partial charge in [0.15, 0.2) is 0 Å². The summed E-state index contributed by atoms with van der Waals surface area (Å²) in [5, 5.41) is 3.64. The summed E-state index contributed by atoms with van der Waals surface area (Å²) in [6.45, 7) is 3.30. The van der Waals surface area contributed by atoms with Gasteiger partial charge in [-0.15, -0.1) is 0 Å². The van der Waals surface area contributed by atoms with E-state index in [1.165, 1.54) is 37.9 Å². The lowest BCUT2D eigenvalue weighted by Gasteiger charge is -2.16. The largest absolute Gasteiger partial charge is 0.496 e. The smallest absolute Gasteiger partial charge is 0.125 e. The zero-order chi connectivity index (χ0) is 13.2. The Hall–Kier alpha value is -1.26. The molecule has 4 heteroatoms. The third kappa shape index (κ3) is 3.01. The Bertz CT molecular complexity index is 445. The van der Waals surface area contributed by atoms with Crippen LogP contribution in [-0.4, -0.2) is 37.2 Å². The first-order valence-electron chi connectivity index (χ1n) is 7.16. The molecule has 0 spiro atoms. The van der Waals surface area contributed by atoms with E-state index in [0.717, 1.165) is 24.0 Å². The third-order valence-electron chi connectivity index (χ3n) is 4.18. The van der Waals surface area contributed by atoms with Gasteiger partial charge < -0.3 is 15.8 Å². The molecule has 2 aliphatic rings. The summed E-state index contributed by atoms with van der Waals surface area (Å²) >= 11 is 0. The molecule has 1 aromatic carbocycles. The summed E-state index contributed by atoms with van der Waals surface area (Å²) in [7, 11) is 1.70. The monoisotopic (exact) mass is 261 g/mol. The third-order valence-corrected chi connectivity index (χ3v) is 4.18. The summed E-state index contributed by atoms with van der Waals surface area (Å²) in [5.41, 5.74) is 7.71. The molecule has 0 radical (unpaired) electrons. The Morgan fingerprint density at radius 3 is 2.95 bits per heavy atom. The van der Waals surface area contributed by atoms with Gasteiger partial charge in [0.05, 0.1) is 7.11 Å². The van der Waals surface area contributed by atoms with E-state index >= 15 is 0 Å².